The lowest BCUT2D eigenvalue weighted by Crippen LogP contribution is -1.98. The Balaban J connectivity index is 2.33. The lowest BCUT2D eigenvalue weighted by molar-refractivity contribution is 0.111. The molecule has 84 valence electrons. The summed E-state index contributed by atoms with van der Waals surface area (Å²) in [4.78, 5) is 11.1. The summed E-state index contributed by atoms with van der Waals surface area (Å²) >= 11 is 0. The van der Waals surface area contributed by atoms with Gasteiger partial charge in [-0.3, -0.25) is 4.79 Å². The molecule has 0 unspecified atom stereocenters. The monoisotopic (exact) mass is 220 g/mol. The SMILES string of the molecule is COc1c2c(c(C=O)c3c1OCC3)OCC2. The molecule has 0 aliphatic carbocycles. The summed E-state index contributed by atoms with van der Waals surface area (Å²) in [6, 6.07) is 0. The number of aldehydes is 1. The summed E-state index contributed by atoms with van der Waals surface area (Å²) in [5.74, 6) is 2.16. The minimum Gasteiger partial charge on any atom is -0.492 e. The average molecular weight is 220 g/mol. The molecule has 2 aliphatic rings. The first-order valence-electron chi connectivity index (χ1n) is 5.33. The van der Waals surface area contributed by atoms with Gasteiger partial charge in [0, 0.05) is 24.0 Å². The first-order valence-corrected chi connectivity index (χ1v) is 5.33. The lowest BCUT2D eigenvalue weighted by Gasteiger charge is -2.13. The molecule has 0 atom stereocenters. The highest BCUT2D eigenvalue weighted by atomic mass is 16.5. The van der Waals surface area contributed by atoms with E-state index in [0.29, 0.717) is 24.5 Å². The van der Waals surface area contributed by atoms with Crippen molar-refractivity contribution < 1.29 is 19.0 Å². The van der Waals surface area contributed by atoms with Crippen molar-refractivity contribution in [2.24, 2.45) is 0 Å². The summed E-state index contributed by atoms with van der Waals surface area (Å²) in [7, 11) is 1.62. The summed E-state index contributed by atoms with van der Waals surface area (Å²) in [5, 5.41) is 0. The van der Waals surface area contributed by atoms with E-state index in [0.717, 1.165) is 41.8 Å². The number of benzene rings is 1. The molecule has 2 heterocycles. The van der Waals surface area contributed by atoms with E-state index in [4.69, 9.17) is 14.2 Å². The van der Waals surface area contributed by atoms with Gasteiger partial charge >= 0.3 is 0 Å². The largest absolute Gasteiger partial charge is 0.492 e. The Hall–Kier alpha value is -1.71. The van der Waals surface area contributed by atoms with Crippen LogP contribution in [0.5, 0.6) is 17.2 Å². The van der Waals surface area contributed by atoms with Gasteiger partial charge in [-0.05, 0) is 0 Å². The second-order valence-electron chi connectivity index (χ2n) is 3.88. The number of hydrogen-bond acceptors (Lipinski definition) is 4. The number of carbonyl (C=O) groups excluding carboxylic acids is 1. The molecule has 0 fully saturated rings. The summed E-state index contributed by atoms with van der Waals surface area (Å²) in [5.41, 5.74) is 2.53. The van der Waals surface area contributed by atoms with E-state index in [1.54, 1.807) is 7.11 Å². The summed E-state index contributed by atoms with van der Waals surface area (Å²) in [6.07, 6.45) is 2.38. The predicted octanol–water partition coefficient (Wildman–Crippen LogP) is 1.38. The highest BCUT2D eigenvalue weighted by molar-refractivity contribution is 5.87. The van der Waals surface area contributed by atoms with E-state index in [9.17, 15) is 4.79 Å². The minimum atomic E-state index is 0.607. The van der Waals surface area contributed by atoms with Gasteiger partial charge < -0.3 is 14.2 Å². The maximum Gasteiger partial charge on any atom is 0.168 e. The van der Waals surface area contributed by atoms with Crippen molar-refractivity contribution in [2.75, 3.05) is 20.3 Å². The van der Waals surface area contributed by atoms with Gasteiger partial charge in [0.15, 0.2) is 17.8 Å². The first-order chi connectivity index (χ1) is 7.86. The van der Waals surface area contributed by atoms with Crippen LogP contribution < -0.4 is 14.2 Å². The molecule has 3 rings (SSSR count). The maximum absolute atomic E-state index is 11.1. The van der Waals surface area contributed by atoms with Crippen LogP contribution in [-0.4, -0.2) is 26.6 Å². The Morgan fingerprint density at radius 2 is 1.81 bits per heavy atom. The van der Waals surface area contributed by atoms with Gasteiger partial charge in [0.1, 0.15) is 5.75 Å². The van der Waals surface area contributed by atoms with Crippen LogP contribution in [0, 0.1) is 0 Å². The van der Waals surface area contributed by atoms with Gasteiger partial charge in [-0.15, -0.1) is 0 Å². The van der Waals surface area contributed by atoms with E-state index in [2.05, 4.69) is 0 Å². The molecule has 0 N–H and O–H groups in total. The van der Waals surface area contributed by atoms with Crippen molar-refractivity contribution in [3.63, 3.8) is 0 Å². The quantitative estimate of drug-likeness (QED) is 0.706. The number of methoxy groups -OCH3 is 1. The molecule has 0 amide bonds. The average Bonchev–Trinajstić information content (AvgIpc) is 2.93. The fourth-order valence-corrected chi connectivity index (χ4v) is 2.44. The fourth-order valence-electron chi connectivity index (χ4n) is 2.44. The summed E-state index contributed by atoms with van der Waals surface area (Å²) < 4.78 is 16.4. The van der Waals surface area contributed by atoms with Crippen LogP contribution in [0.1, 0.15) is 21.5 Å². The predicted molar refractivity (Wildman–Crippen MR) is 56.8 cm³/mol. The molecule has 0 saturated heterocycles. The molecular weight excluding hydrogens is 208 g/mol. The third kappa shape index (κ3) is 1.07. The van der Waals surface area contributed by atoms with Crippen LogP contribution in [0.2, 0.25) is 0 Å². The first kappa shape index (κ1) is 9.51. The van der Waals surface area contributed by atoms with Crippen molar-refractivity contribution >= 4 is 6.29 Å². The van der Waals surface area contributed by atoms with E-state index < -0.39 is 0 Å². The number of rotatable bonds is 2. The van der Waals surface area contributed by atoms with Crippen molar-refractivity contribution in [1.29, 1.82) is 0 Å². The maximum atomic E-state index is 11.1. The molecule has 16 heavy (non-hydrogen) atoms. The molecule has 2 aliphatic heterocycles. The van der Waals surface area contributed by atoms with Gasteiger partial charge in [0.05, 0.1) is 25.9 Å². The van der Waals surface area contributed by atoms with Gasteiger partial charge in [-0.1, -0.05) is 0 Å². The Bertz CT molecular complexity index is 430. The topological polar surface area (TPSA) is 44.8 Å². The highest BCUT2D eigenvalue weighted by Crippen LogP contribution is 2.48. The number of fused-ring (bicyclic) bond motifs is 2. The molecule has 0 saturated carbocycles. The van der Waals surface area contributed by atoms with Crippen molar-refractivity contribution in [3.8, 4) is 17.2 Å². The molecule has 1 aromatic carbocycles. The van der Waals surface area contributed by atoms with Crippen LogP contribution in [0.25, 0.3) is 0 Å². The van der Waals surface area contributed by atoms with Crippen molar-refractivity contribution in [2.45, 2.75) is 12.8 Å². The van der Waals surface area contributed by atoms with E-state index in [1.165, 1.54) is 0 Å². The smallest absolute Gasteiger partial charge is 0.168 e. The van der Waals surface area contributed by atoms with Crippen LogP contribution in [-0.2, 0) is 12.8 Å². The zero-order chi connectivity index (χ0) is 11.1. The fraction of sp³-hybridized carbons (Fsp3) is 0.417. The zero-order valence-corrected chi connectivity index (χ0v) is 9.04. The Kier molecular flexibility index (Phi) is 2.02. The lowest BCUT2D eigenvalue weighted by atomic mass is 9.99. The van der Waals surface area contributed by atoms with Crippen LogP contribution >= 0.6 is 0 Å². The van der Waals surface area contributed by atoms with Crippen LogP contribution in [0.15, 0.2) is 0 Å². The highest BCUT2D eigenvalue weighted by Gasteiger charge is 2.31. The molecule has 4 nitrogen and oxygen atoms in total. The molecule has 4 heteroatoms. The summed E-state index contributed by atoms with van der Waals surface area (Å²) in [6.45, 7) is 1.21. The zero-order valence-electron chi connectivity index (χ0n) is 9.04. The third-order valence-electron chi connectivity index (χ3n) is 3.12. The number of ether oxygens (including phenoxy) is 3. The molecule has 0 spiro atoms. The number of hydrogen-bond donors (Lipinski definition) is 0. The molecule has 1 aromatic rings. The van der Waals surface area contributed by atoms with Crippen LogP contribution in [0.4, 0.5) is 0 Å². The Morgan fingerprint density at radius 3 is 2.50 bits per heavy atom. The molecule has 0 radical (unpaired) electrons. The number of carbonyl (C=O) groups is 1. The Labute approximate surface area is 93.1 Å². The van der Waals surface area contributed by atoms with Gasteiger partial charge in [0.25, 0.3) is 0 Å². The third-order valence-corrected chi connectivity index (χ3v) is 3.12. The van der Waals surface area contributed by atoms with Crippen molar-refractivity contribution in [1.82, 2.24) is 0 Å². The second-order valence-corrected chi connectivity index (χ2v) is 3.88. The van der Waals surface area contributed by atoms with E-state index >= 15 is 0 Å². The standard InChI is InChI=1S/C12H12O4/c1-14-11-8-3-5-15-10(8)9(6-13)7-2-4-16-12(7)11/h6H,2-5H2,1H3. The molecular formula is C12H12O4. The molecule has 0 aromatic heterocycles. The van der Waals surface area contributed by atoms with Gasteiger partial charge in [0.2, 0.25) is 0 Å². The minimum absolute atomic E-state index is 0.607. The van der Waals surface area contributed by atoms with Crippen LogP contribution in [0.3, 0.4) is 0 Å². The van der Waals surface area contributed by atoms with E-state index in [-0.39, 0.29) is 0 Å². The van der Waals surface area contributed by atoms with Gasteiger partial charge in [-0.2, -0.15) is 0 Å². The molecule has 0 bridgehead atoms. The normalized spacial score (nSPS) is 16.1. The second kappa shape index (κ2) is 3.40. The van der Waals surface area contributed by atoms with Crippen molar-refractivity contribution in [3.05, 3.63) is 16.7 Å². The van der Waals surface area contributed by atoms with Gasteiger partial charge in [-0.25, -0.2) is 0 Å². The Morgan fingerprint density at radius 1 is 1.12 bits per heavy atom. The van der Waals surface area contributed by atoms with E-state index in [1.807, 2.05) is 0 Å².